The van der Waals surface area contributed by atoms with E-state index in [0.29, 0.717) is 12.6 Å². The van der Waals surface area contributed by atoms with Crippen molar-refractivity contribution in [3.8, 4) is 0 Å². The maximum atomic E-state index is 11.5. The number of rotatable bonds is 7. The zero-order valence-electron chi connectivity index (χ0n) is 14.5. The van der Waals surface area contributed by atoms with Crippen LogP contribution in [-0.4, -0.2) is 24.8 Å². The van der Waals surface area contributed by atoms with Crippen LogP contribution in [0.1, 0.15) is 57.7 Å². The third-order valence-corrected chi connectivity index (χ3v) is 3.30. The van der Waals surface area contributed by atoms with Crippen molar-refractivity contribution < 1.29 is 9.53 Å². The van der Waals surface area contributed by atoms with Crippen LogP contribution in [0.4, 0.5) is 4.79 Å². The van der Waals surface area contributed by atoms with Crippen LogP contribution < -0.4 is 10.6 Å². The van der Waals surface area contributed by atoms with Gasteiger partial charge in [-0.25, -0.2) is 4.79 Å². The summed E-state index contributed by atoms with van der Waals surface area (Å²) in [5, 5.41) is 6.31. The Morgan fingerprint density at radius 2 is 1.82 bits per heavy atom. The normalized spacial score (nSPS) is 12.8. The maximum absolute atomic E-state index is 11.5. The summed E-state index contributed by atoms with van der Waals surface area (Å²) in [6, 6.07) is 9.00. The molecule has 0 heterocycles. The summed E-state index contributed by atoms with van der Waals surface area (Å²) in [6.07, 6.45) is 1.57. The SMILES string of the molecule is CCC(NCCCNC(=O)OC(C)(C)C)c1ccc(C)cc1. The molecule has 0 radical (unpaired) electrons. The molecule has 4 nitrogen and oxygen atoms in total. The number of ether oxygens (including phenoxy) is 1. The Kier molecular flexibility index (Phi) is 7.39. The van der Waals surface area contributed by atoms with E-state index < -0.39 is 5.60 Å². The molecule has 0 spiro atoms. The summed E-state index contributed by atoms with van der Waals surface area (Å²) in [4.78, 5) is 11.5. The van der Waals surface area contributed by atoms with E-state index in [2.05, 4.69) is 48.7 Å². The Labute approximate surface area is 134 Å². The lowest BCUT2D eigenvalue weighted by molar-refractivity contribution is 0.0527. The molecule has 0 saturated heterocycles. The van der Waals surface area contributed by atoms with Crippen molar-refractivity contribution in [1.82, 2.24) is 10.6 Å². The average molecular weight is 306 g/mol. The molecule has 0 aromatic heterocycles. The van der Waals surface area contributed by atoms with E-state index in [1.54, 1.807) is 0 Å². The zero-order chi connectivity index (χ0) is 16.6. The molecule has 1 amide bonds. The van der Waals surface area contributed by atoms with Crippen LogP contribution in [0.15, 0.2) is 24.3 Å². The molecule has 2 N–H and O–H groups in total. The molecule has 124 valence electrons. The number of aryl methyl sites for hydroxylation is 1. The Hall–Kier alpha value is -1.55. The van der Waals surface area contributed by atoms with Gasteiger partial charge < -0.3 is 15.4 Å². The molecule has 0 bridgehead atoms. The van der Waals surface area contributed by atoms with Crippen LogP contribution in [-0.2, 0) is 4.74 Å². The second-order valence-electron chi connectivity index (χ2n) is 6.61. The first-order chi connectivity index (χ1) is 10.3. The van der Waals surface area contributed by atoms with E-state index in [-0.39, 0.29) is 6.09 Å². The largest absolute Gasteiger partial charge is 0.444 e. The molecule has 1 atom stereocenters. The highest BCUT2D eigenvalue weighted by Gasteiger charge is 2.15. The first-order valence-electron chi connectivity index (χ1n) is 8.08. The van der Waals surface area contributed by atoms with Gasteiger partial charge in [-0.2, -0.15) is 0 Å². The van der Waals surface area contributed by atoms with Gasteiger partial charge in [0.2, 0.25) is 0 Å². The molecule has 1 rings (SSSR count). The van der Waals surface area contributed by atoms with Gasteiger partial charge >= 0.3 is 6.09 Å². The second kappa shape index (κ2) is 8.79. The summed E-state index contributed by atoms with van der Waals surface area (Å²) >= 11 is 0. The van der Waals surface area contributed by atoms with E-state index in [1.165, 1.54) is 11.1 Å². The summed E-state index contributed by atoms with van der Waals surface area (Å²) in [6.45, 7) is 11.3. The number of nitrogens with one attached hydrogen (secondary N) is 2. The Morgan fingerprint density at radius 3 is 2.36 bits per heavy atom. The molecule has 0 aliphatic rings. The van der Waals surface area contributed by atoms with Gasteiger partial charge in [-0.3, -0.25) is 0 Å². The Balaban J connectivity index is 2.25. The minimum absolute atomic E-state index is 0.349. The third kappa shape index (κ3) is 7.46. The van der Waals surface area contributed by atoms with E-state index in [4.69, 9.17) is 4.74 Å². The molecular weight excluding hydrogens is 276 g/mol. The first-order valence-corrected chi connectivity index (χ1v) is 8.08. The fraction of sp³-hybridized carbons (Fsp3) is 0.611. The molecule has 0 aliphatic heterocycles. The molecule has 1 aromatic rings. The van der Waals surface area contributed by atoms with Gasteiger partial charge in [-0.1, -0.05) is 36.8 Å². The summed E-state index contributed by atoms with van der Waals surface area (Å²) in [5.41, 5.74) is 2.15. The predicted molar refractivity (Wildman–Crippen MR) is 91.1 cm³/mol. The number of benzene rings is 1. The van der Waals surface area contributed by atoms with Gasteiger partial charge in [-0.05, 0) is 52.6 Å². The number of hydrogen-bond donors (Lipinski definition) is 2. The molecule has 0 fully saturated rings. The summed E-state index contributed by atoms with van der Waals surface area (Å²) in [7, 11) is 0. The van der Waals surface area contributed by atoms with E-state index in [1.807, 2.05) is 20.8 Å². The maximum Gasteiger partial charge on any atom is 0.407 e. The third-order valence-electron chi connectivity index (χ3n) is 3.30. The van der Waals surface area contributed by atoms with Crippen molar-refractivity contribution >= 4 is 6.09 Å². The lowest BCUT2D eigenvalue weighted by Crippen LogP contribution is -2.34. The highest BCUT2D eigenvalue weighted by atomic mass is 16.6. The molecule has 0 saturated carbocycles. The van der Waals surface area contributed by atoms with Gasteiger partial charge in [0.25, 0.3) is 0 Å². The number of hydrogen-bond acceptors (Lipinski definition) is 3. The fourth-order valence-corrected chi connectivity index (χ4v) is 2.17. The smallest absolute Gasteiger partial charge is 0.407 e. The minimum atomic E-state index is -0.443. The standard InChI is InChI=1S/C18H30N2O2/c1-6-16(15-10-8-14(2)9-11-15)19-12-7-13-20-17(21)22-18(3,4)5/h8-11,16,19H,6-7,12-13H2,1-5H3,(H,20,21). The quantitative estimate of drug-likeness (QED) is 0.750. The van der Waals surface area contributed by atoms with Crippen molar-refractivity contribution in [2.45, 2.75) is 59.1 Å². The lowest BCUT2D eigenvalue weighted by atomic mass is 10.0. The molecule has 4 heteroatoms. The monoisotopic (exact) mass is 306 g/mol. The Morgan fingerprint density at radius 1 is 1.18 bits per heavy atom. The fourth-order valence-electron chi connectivity index (χ4n) is 2.17. The molecule has 1 aromatic carbocycles. The van der Waals surface area contributed by atoms with E-state index in [9.17, 15) is 4.79 Å². The van der Waals surface area contributed by atoms with Gasteiger partial charge in [-0.15, -0.1) is 0 Å². The molecule has 1 unspecified atom stereocenters. The highest BCUT2D eigenvalue weighted by molar-refractivity contribution is 5.67. The lowest BCUT2D eigenvalue weighted by Gasteiger charge is -2.20. The van der Waals surface area contributed by atoms with E-state index in [0.717, 1.165) is 19.4 Å². The van der Waals surface area contributed by atoms with E-state index >= 15 is 0 Å². The van der Waals surface area contributed by atoms with Gasteiger partial charge in [0.1, 0.15) is 5.60 Å². The highest BCUT2D eigenvalue weighted by Crippen LogP contribution is 2.16. The van der Waals surface area contributed by atoms with Crippen molar-refractivity contribution in [1.29, 1.82) is 0 Å². The number of alkyl carbamates (subject to hydrolysis) is 1. The first kappa shape index (κ1) is 18.5. The predicted octanol–water partition coefficient (Wildman–Crippen LogP) is 3.95. The van der Waals surface area contributed by atoms with Crippen LogP contribution in [0.5, 0.6) is 0 Å². The van der Waals surface area contributed by atoms with Crippen LogP contribution >= 0.6 is 0 Å². The Bertz CT molecular complexity index is 449. The minimum Gasteiger partial charge on any atom is -0.444 e. The van der Waals surface area contributed by atoms with Crippen molar-refractivity contribution in [2.75, 3.05) is 13.1 Å². The molecular formula is C18H30N2O2. The average Bonchev–Trinajstić information content (AvgIpc) is 2.42. The second-order valence-corrected chi connectivity index (χ2v) is 6.61. The van der Waals surface area contributed by atoms with Crippen LogP contribution in [0, 0.1) is 6.92 Å². The van der Waals surface area contributed by atoms with Crippen molar-refractivity contribution in [3.63, 3.8) is 0 Å². The molecule has 0 aliphatic carbocycles. The van der Waals surface area contributed by atoms with Crippen molar-refractivity contribution in [2.24, 2.45) is 0 Å². The summed E-state index contributed by atoms with van der Waals surface area (Å²) < 4.78 is 5.20. The van der Waals surface area contributed by atoms with Crippen LogP contribution in [0.2, 0.25) is 0 Å². The summed E-state index contributed by atoms with van der Waals surface area (Å²) in [5.74, 6) is 0. The molecule has 22 heavy (non-hydrogen) atoms. The van der Waals surface area contributed by atoms with Gasteiger partial charge in [0, 0.05) is 12.6 Å². The van der Waals surface area contributed by atoms with Gasteiger partial charge in [0.05, 0.1) is 0 Å². The number of carbonyl (C=O) groups is 1. The van der Waals surface area contributed by atoms with Crippen molar-refractivity contribution in [3.05, 3.63) is 35.4 Å². The van der Waals surface area contributed by atoms with Crippen LogP contribution in [0.25, 0.3) is 0 Å². The topological polar surface area (TPSA) is 50.4 Å². The van der Waals surface area contributed by atoms with Gasteiger partial charge in [0.15, 0.2) is 0 Å². The number of amides is 1. The zero-order valence-corrected chi connectivity index (χ0v) is 14.5. The number of carbonyl (C=O) groups excluding carboxylic acids is 1. The van der Waals surface area contributed by atoms with Crippen LogP contribution in [0.3, 0.4) is 0 Å².